The molecular formula is C8H4N4O. The minimum atomic E-state index is -0.307. The van der Waals surface area contributed by atoms with Crippen LogP contribution in [0.5, 0.6) is 0 Å². The summed E-state index contributed by atoms with van der Waals surface area (Å²) in [5.41, 5.74) is 1.47. The van der Waals surface area contributed by atoms with Crippen molar-refractivity contribution in [2.24, 2.45) is 15.2 Å². The van der Waals surface area contributed by atoms with E-state index in [2.05, 4.69) is 15.2 Å². The van der Waals surface area contributed by atoms with Crippen molar-refractivity contribution in [2.45, 2.75) is 6.42 Å². The van der Waals surface area contributed by atoms with E-state index in [4.69, 9.17) is 5.26 Å². The fraction of sp³-hybridized carbons (Fsp3) is 0.125. The fourth-order valence-corrected chi connectivity index (χ4v) is 1.10. The third-order valence-electron chi connectivity index (χ3n) is 1.69. The zero-order valence-electron chi connectivity index (χ0n) is 6.56. The second-order valence-corrected chi connectivity index (χ2v) is 2.51. The quantitative estimate of drug-likeness (QED) is 0.625. The van der Waals surface area contributed by atoms with E-state index in [9.17, 15) is 4.79 Å². The minimum Gasteiger partial charge on any atom is -0.291 e. The number of aliphatic imine (C=N–C) groups is 1. The predicted molar refractivity (Wildman–Crippen MR) is 43.7 cm³/mol. The van der Waals surface area contributed by atoms with Crippen molar-refractivity contribution < 1.29 is 4.79 Å². The van der Waals surface area contributed by atoms with Crippen molar-refractivity contribution in [1.82, 2.24) is 0 Å². The van der Waals surface area contributed by atoms with Crippen LogP contribution in [0.2, 0.25) is 0 Å². The maximum absolute atomic E-state index is 11.3. The summed E-state index contributed by atoms with van der Waals surface area (Å²) in [4.78, 5) is 15.1. The number of ketones is 1. The van der Waals surface area contributed by atoms with Gasteiger partial charge in [0.2, 0.25) is 0 Å². The molecule has 0 atom stereocenters. The standard InChI is InChI=1S/C8H4N4O/c9-2-1-7(13)8-5-3-10-4-6(5)11-12-8/h3-4H,1H2. The topological polar surface area (TPSA) is 77.9 Å². The average molecular weight is 172 g/mol. The summed E-state index contributed by atoms with van der Waals surface area (Å²) in [5, 5.41) is 15.7. The van der Waals surface area contributed by atoms with Gasteiger partial charge < -0.3 is 0 Å². The van der Waals surface area contributed by atoms with Gasteiger partial charge in [-0.2, -0.15) is 5.26 Å². The van der Waals surface area contributed by atoms with Gasteiger partial charge in [0.25, 0.3) is 0 Å². The number of carbonyl (C=O) groups is 1. The first-order chi connectivity index (χ1) is 6.33. The number of hydrogen-bond donors (Lipinski definition) is 0. The van der Waals surface area contributed by atoms with Crippen molar-refractivity contribution in [1.29, 1.82) is 5.26 Å². The van der Waals surface area contributed by atoms with Gasteiger partial charge in [0.15, 0.2) is 5.78 Å². The van der Waals surface area contributed by atoms with Gasteiger partial charge in [-0.05, 0) is 0 Å². The molecule has 5 nitrogen and oxygen atoms in total. The Hall–Kier alpha value is -2.09. The fourth-order valence-electron chi connectivity index (χ4n) is 1.10. The molecule has 2 aliphatic rings. The molecule has 2 aliphatic heterocycles. The molecule has 2 rings (SSSR count). The summed E-state index contributed by atoms with van der Waals surface area (Å²) in [7, 11) is 0. The lowest BCUT2D eigenvalue weighted by molar-refractivity contribution is -0.114. The Balaban J connectivity index is 2.36. The molecule has 0 spiro atoms. The van der Waals surface area contributed by atoms with Gasteiger partial charge >= 0.3 is 0 Å². The lowest BCUT2D eigenvalue weighted by Crippen LogP contribution is -2.00. The SMILES string of the molecule is N#CCC(=O)C1=C2C=NC=C2N=N1. The first-order valence-corrected chi connectivity index (χ1v) is 3.63. The molecule has 13 heavy (non-hydrogen) atoms. The number of Topliss-reactive ketones (excluding diaryl/α,β-unsaturated/α-hetero) is 1. The maximum atomic E-state index is 11.3. The van der Waals surface area contributed by atoms with E-state index in [0.717, 1.165) is 0 Å². The van der Waals surface area contributed by atoms with E-state index in [1.165, 1.54) is 12.4 Å². The van der Waals surface area contributed by atoms with E-state index < -0.39 is 0 Å². The van der Waals surface area contributed by atoms with E-state index in [1.54, 1.807) is 6.07 Å². The molecule has 2 heterocycles. The lowest BCUT2D eigenvalue weighted by Gasteiger charge is -1.91. The highest BCUT2D eigenvalue weighted by molar-refractivity contribution is 6.05. The molecule has 0 saturated carbocycles. The van der Waals surface area contributed by atoms with Crippen molar-refractivity contribution >= 4 is 12.0 Å². The monoisotopic (exact) mass is 172 g/mol. The number of nitrogens with zero attached hydrogens (tertiary/aromatic N) is 4. The normalized spacial score (nSPS) is 17.3. The zero-order valence-corrected chi connectivity index (χ0v) is 6.56. The molecule has 62 valence electrons. The van der Waals surface area contributed by atoms with Crippen LogP contribution in [-0.4, -0.2) is 12.0 Å². The van der Waals surface area contributed by atoms with Gasteiger partial charge in [-0.15, -0.1) is 10.2 Å². The first-order valence-electron chi connectivity index (χ1n) is 3.63. The molecular weight excluding hydrogens is 168 g/mol. The first kappa shape index (κ1) is 7.55. The smallest absolute Gasteiger partial charge is 0.197 e. The Bertz CT molecular complexity index is 434. The number of nitriles is 1. The van der Waals surface area contributed by atoms with Gasteiger partial charge in [-0.3, -0.25) is 9.79 Å². The molecule has 0 fully saturated rings. The number of azo groups is 1. The number of fused-ring (bicyclic) bond motifs is 1. The number of allylic oxidation sites excluding steroid dienone is 2. The third-order valence-corrected chi connectivity index (χ3v) is 1.69. The van der Waals surface area contributed by atoms with Crippen molar-refractivity contribution in [3.63, 3.8) is 0 Å². The van der Waals surface area contributed by atoms with Crippen molar-refractivity contribution in [3.05, 3.63) is 23.2 Å². The molecule has 0 radical (unpaired) electrons. The lowest BCUT2D eigenvalue weighted by atomic mass is 10.1. The molecule has 0 aromatic heterocycles. The van der Waals surface area contributed by atoms with Crippen LogP contribution in [0.3, 0.4) is 0 Å². The number of hydrogen-bond acceptors (Lipinski definition) is 5. The van der Waals surface area contributed by atoms with Crippen LogP contribution < -0.4 is 0 Å². The van der Waals surface area contributed by atoms with E-state index in [-0.39, 0.29) is 17.9 Å². The highest BCUT2D eigenvalue weighted by Gasteiger charge is 2.23. The highest BCUT2D eigenvalue weighted by Crippen LogP contribution is 2.28. The van der Waals surface area contributed by atoms with Crippen LogP contribution in [0.4, 0.5) is 0 Å². The van der Waals surface area contributed by atoms with Gasteiger partial charge in [0.05, 0.1) is 17.8 Å². The van der Waals surface area contributed by atoms with Crippen molar-refractivity contribution in [2.75, 3.05) is 0 Å². The van der Waals surface area contributed by atoms with E-state index >= 15 is 0 Å². The van der Waals surface area contributed by atoms with Gasteiger partial charge in [0.1, 0.15) is 17.8 Å². The molecule has 0 N–H and O–H groups in total. The molecule has 0 amide bonds. The Labute approximate surface area is 73.8 Å². The molecule has 0 aromatic rings. The molecule has 5 heteroatoms. The van der Waals surface area contributed by atoms with Crippen LogP contribution in [0, 0.1) is 11.3 Å². The van der Waals surface area contributed by atoms with Gasteiger partial charge in [-0.25, -0.2) is 0 Å². The Morgan fingerprint density at radius 1 is 1.54 bits per heavy atom. The maximum Gasteiger partial charge on any atom is 0.197 e. The van der Waals surface area contributed by atoms with E-state index in [0.29, 0.717) is 11.3 Å². The Kier molecular flexibility index (Phi) is 1.60. The molecule has 0 bridgehead atoms. The molecule has 0 aliphatic carbocycles. The second kappa shape index (κ2) is 2.75. The summed E-state index contributed by atoms with van der Waals surface area (Å²) < 4.78 is 0. The number of carbonyl (C=O) groups excluding carboxylic acids is 1. The second-order valence-electron chi connectivity index (χ2n) is 2.51. The zero-order chi connectivity index (χ0) is 9.26. The molecule has 0 saturated heterocycles. The summed E-state index contributed by atoms with van der Waals surface area (Å²) in [6, 6.07) is 1.77. The van der Waals surface area contributed by atoms with E-state index in [1.807, 2.05) is 0 Å². The Morgan fingerprint density at radius 2 is 2.38 bits per heavy atom. The van der Waals surface area contributed by atoms with Crippen molar-refractivity contribution in [3.8, 4) is 6.07 Å². The average Bonchev–Trinajstić information content (AvgIpc) is 2.62. The summed E-state index contributed by atoms with van der Waals surface area (Å²) in [5.74, 6) is -0.307. The predicted octanol–water partition coefficient (Wildman–Crippen LogP) is 1.11. The summed E-state index contributed by atoms with van der Waals surface area (Å²) in [6.45, 7) is 0. The molecule has 0 aromatic carbocycles. The molecule has 0 unspecified atom stereocenters. The van der Waals surface area contributed by atoms with Crippen LogP contribution in [0.25, 0.3) is 0 Å². The van der Waals surface area contributed by atoms with Crippen LogP contribution in [0.1, 0.15) is 6.42 Å². The third kappa shape index (κ3) is 1.08. The van der Waals surface area contributed by atoms with Crippen LogP contribution in [0.15, 0.2) is 38.4 Å². The van der Waals surface area contributed by atoms with Crippen LogP contribution >= 0.6 is 0 Å². The summed E-state index contributed by atoms with van der Waals surface area (Å²) in [6.07, 6.45) is 2.89. The van der Waals surface area contributed by atoms with Gasteiger partial charge in [-0.1, -0.05) is 0 Å². The minimum absolute atomic E-state index is 0.168. The summed E-state index contributed by atoms with van der Waals surface area (Å²) >= 11 is 0. The Morgan fingerprint density at radius 3 is 3.15 bits per heavy atom. The van der Waals surface area contributed by atoms with Gasteiger partial charge in [0, 0.05) is 6.21 Å². The van der Waals surface area contributed by atoms with Crippen LogP contribution in [-0.2, 0) is 4.79 Å². The highest BCUT2D eigenvalue weighted by atomic mass is 16.1. The largest absolute Gasteiger partial charge is 0.291 e. The number of rotatable bonds is 2.